The third-order valence-electron chi connectivity index (χ3n) is 3.65. The standard InChI is InChI=1S/C12H17N3O5/c1-8-12(17,3-4-20-8)7-13-11(16)10-5-9(15(18)19)6-14(10)2/h5-6,8,17H,3-4,7H2,1-2H3,(H,13,16). The fourth-order valence-corrected chi connectivity index (χ4v) is 2.20. The van der Waals surface area contributed by atoms with Crippen LogP contribution in [0, 0.1) is 10.1 Å². The molecule has 0 saturated carbocycles. The summed E-state index contributed by atoms with van der Waals surface area (Å²) in [7, 11) is 1.55. The lowest BCUT2D eigenvalue weighted by molar-refractivity contribution is -0.384. The van der Waals surface area contributed by atoms with Gasteiger partial charge >= 0.3 is 0 Å². The summed E-state index contributed by atoms with van der Waals surface area (Å²) in [6.45, 7) is 2.24. The van der Waals surface area contributed by atoms with Crippen molar-refractivity contribution in [1.82, 2.24) is 9.88 Å². The number of nitrogens with zero attached hydrogens (tertiary/aromatic N) is 2. The van der Waals surface area contributed by atoms with Crippen LogP contribution in [0.1, 0.15) is 23.8 Å². The van der Waals surface area contributed by atoms with Gasteiger partial charge in [0.05, 0.1) is 17.2 Å². The number of nitro groups is 1. The topological polar surface area (TPSA) is 107 Å². The van der Waals surface area contributed by atoms with Gasteiger partial charge in [0, 0.05) is 32.7 Å². The third-order valence-corrected chi connectivity index (χ3v) is 3.65. The third kappa shape index (κ3) is 2.66. The van der Waals surface area contributed by atoms with Crippen molar-refractivity contribution in [2.24, 2.45) is 7.05 Å². The predicted molar refractivity (Wildman–Crippen MR) is 69.4 cm³/mol. The molecule has 0 spiro atoms. The number of aromatic nitrogens is 1. The van der Waals surface area contributed by atoms with Gasteiger partial charge in [-0.05, 0) is 6.92 Å². The van der Waals surface area contributed by atoms with E-state index in [1.165, 1.54) is 16.8 Å². The highest BCUT2D eigenvalue weighted by Crippen LogP contribution is 2.25. The van der Waals surface area contributed by atoms with Crippen molar-refractivity contribution in [3.63, 3.8) is 0 Å². The number of hydrogen-bond acceptors (Lipinski definition) is 5. The second kappa shape index (κ2) is 5.22. The van der Waals surface area contributed by atoms with Crippen LogP contribution in [0.4, 0.5) is 5.69 Å². The first-order chi connectivity index (χ1) is 9.33. The monoisotopic (exact) mass is 283 g/mol. The summed E-state index contributed by atoms with van der Waals surface area (Å²) < 4.78 is 6.65. The molecule has 20 heavy (non-hydrogen) atoms. The SMILES string of the molecule is CC1OCCC1(O)CNC(=O)c1cc([N+](=O)[O-])cn1C. The maximum Gasteiger partial charge on any atom is 0.287 e. The number of carbonyl (C=O) groups excluding carboxylic acids is 1. The molecule has 0 radical (unpaired) electrons. The quantitative estimate of drug-likeness (QED) is 0.606. The molecule has 1 fully saturated rings. The Balaban J connectivity index is 2.04. The summed E-state index contributed by atoms with van der Waals surface area (Å²) in [5.41, 5.74) is -1.06. The lowest BCUT2D eigenvalue weighted by Gasteiger charge is -2.26. The molecular formula is C12H17N3O5. The van der Waals surface area contributed by atoms with Crippen molar-refractivity contribution in [2.45, 2.75) is 25.0 Å². The first-order valence-electron chi connectivity index (χ1n) is 6.26. The lowest BCUT2D eigenvalue weighted by Crippen LogP contribution is -2.47. The molecule has 8 nitrogen and oxygen atoms in total. The van der Waals surface area contributed by atoms with Gasteiger partial charge in [-0.25, -0.2) is 0 Å². The van der Waals surface area contributed by atoms with Crippen molar-refractivity contribution in [3.8, 4) is 0 Å². The number of rotatable bonds is 4. The normalized spacial score (nSPS) is 25.6. The Morgan fingerprint density at radius 2 is 2.45 bits per heavy atom. The Bertz CT molecular complexity index is 541. The van der Waals surface area contributed by atoms with Crippen LogP contribution in [0.3, 0.4) is 0 Å². The molecule has 1 amide bonds. The number of aliphatic hydroxyl groups is 1. The predicted octanol–water partition coefficient (Wildman–Crippen LogP) is 0.203. The zero-order valence-electron chi connectivity index (χ0n) is 11.3. The number of nitrogens with one attached hydrogen (secondary N) is 1. The van der Waals surface area contributed by atoms with Gasteiger partial charge in [0.15, 0.2) is 0 Å². The van der Waals surface area contributed by atoms with E-state index in [2.05, 4.69) is 5.32 Å². The highest BCUT2D eigenvalue weighted by Gasteiger charge is 2.39. The Morgan fingerprint density at radius 3 is 2.95 bits per heavy atom. The molecule has 2 N–H and O–H groups in total. The van der Waals surface area contributed by atoms with Crippen LogP contribution >= 0.6 is 0 Å². The summed E-state index contributed by atoms with van der Waals surface area (Å²) in [6.07, 6.45) is 1.36. The molecule has 8 heteroatoms. The summed E-state index contributed by atoms with van der Waals surface area (Å²) in [5, 5.41) is 23.5. The number of ether oxygens (including phenoxy) is 1. The smallest absolute Gasteiger partial charge is 0.287 e. The van der Waals surface area contributed by atoms with Gasteiger partial charge in [-0.15, -0.1) is 0 Å². The second-order valence-corrected chi connectivity index (χ2v) is 5.00. The molecule has 1 aliphatic rings. The average molecular weight is 283 g/mol. The Morgan fingerprint density at radius 1 is 1.75 bits per heavy atom. The molecule has 2 heterocycles. The van der Waals surface area contributed by atoms with E-state index in [0.29, 0.717) is 13.0 Å². The van der Waals surface area contributed by atoms with Gasteiger partial charge in [-0.1, -0.05) is 0 Å². The highest BCUT2D eigenvalue weighted by atomic mass is 16.6. The summed E-state index contributed by atoms with van der Waals surface area (Å²) in [4.78, 5) is 22.1. The molecule has 0 bridgehead atoms. The molecule has 1 aliphatic heterocycles. The molecule has 1 aromatic rings. The maximum atomic E-state index is 12.0. The van der Waals surface area contributed by atoms with Crippen molar-refractivity contribution in [3.05, 3.63) is 28.1 Å². The fourth-order valence-electron chi connectivity index (χ4n) is 2.20. The Labute approximate surface area is 115 Å². The highest BCUT2D eigenvalue weighted by molar-refractivity contribution is 5.93. The zero-order chi connectivity index (χ0) is 14.9. The molecule has 2 atom stereocenters. The Kier molecular flexibility index (Phi) is 3.78. The molecule has 2 rings (SSSR count). The number of amides is 1. The van der Waals surface area contributed by atoms with Crippen molar-refractivity contribution in [1.29, 1.82) is 0 Å². The summed E-state index contributed by atoms with van der Waals surface area (Å²) in [6, 6.07) is 1.20. The number of aryl methyl sites for hydroxylation is 1. The van der Waals surface area contributed by atoms with Crippen LogP contribution in [0.5, 0.6) is 0 Å². The molecule has 2 unspecified atom stereocenters. The van der Waals surface area contributed by atoms with E-state index in [1.807, 2.05) is 0 Å². The second-order valence-electron chi connectivity index (χ2n) is 5.00. The van der Waals surface area contributed by atoms with Gasteiger partial charge in [-0.3, -0.25) is 14.9 Å². The van der Waals surface area contributed by atoms with Crippen LogP contribution in [0.15, 0.2) is 12.3 Å². The lowest BCUT2D eigenvalue weighted by atomic mass is 9.97. The fraction of sp³-hybridized carbons (Fsp3) is 0.583. The number of hydrogen-bond donors (Lipinski definition) is 2. The minimum Gasteiger partial charge on any atom is -0.385 e. The maximum absolute atomic E-state index is 12.0. The molecule has 110 valence electrons. The van der Waals surface area contributed by atoms with E-state index in [0.717, 1.165) is 0 Å². The van der Waals surface area contributed by atoms with Gasteiger partial charge in [-0.2, -0.15) is 0 Å². The van der Waals surface area contributed by atoms with Crippen LogP contribution < -0.4 is 5.32 Å². The molecular weight excluding hydrogens is 266 g/mol. The molecule has 1 aromatic heterocycles. The van der Waals surface area contributed by atoms with Crippen LogP contribution in [-0.4, -0.2) is 45.4 Å². The van der Waals surface area contributed by atoms with Crippen LogP contribution in [0.2, 0.25) is 0 Å². The van der Waals surface area contributed by atoms with E-state index in [4.69, 9.17) is 4.74 Å². The van der Waals surface area contributed by atoms with E-state index in [1.54, 1.807) is 14.0 Å². The minimum absolute atomic E-state index is 0.0476. The minimum atomic E-state index is -1.09. The van der Waals surface area contributed by atoms with Crippen molar-refractivity contribution >= 4 is 11.6 Å². The Hall–Kier alpha value is -1.93. The van der Waals surface area contributed by atoms with E-state index < -0.39 is 16.4 Å². The first kappa shape index (κ1) is 14.5. The van der Waals surface area contributed by atoms with Crippen LogP contribution in [-0.2, 0) is 11.8 Å². The molecule has 0 aromatic carbocycles. The molecule has 0 aliphatic carbocycles. The van der Waals surface area contributed by atoms with E-state index in [-0.39, 0.29) is 24.0 Å². The van der Waals surface area contributed by atoms with E-state index in [9.17, 15) is 20.0 Å². The number of carbonyl (C=O) groups is 1. The zero-order valence-corrected chi connectivity index (χ0v) is 11.3. The largest absolute Gasteiger partial charge is 0.385 e. The van der Waals surface area contributed by atoms with Gasteiger partial charge < -0.3 is 19.7 Å². The van der Waals surface area contributed by atoms with Gasteiger partial charge in [0.2, 0.25) is 0 Å². The van der Waals surface area contributed by atoms with E-state index >= 15 is 0 Å². The average Bonchev–Trinajstić information content (AvgIpc) is 2.92. The van der Waals surface area contributed by atoms with Gasteiger partial charge in [0.25, 0.3) is 11.6 Å². The summed E-state index contributed by atoms with van der Waals surface area (Å²) >= 11 is 0. The van der Waals surface area contributed by atoms with Crippen LogP contribution in [0.25, 0.3) is 0 Å². The van der Waals surface area contributed by atoms with Crippen molar-refractivity contribution in [2.75, 3.05) is 13.2 Å². The van der Waals surface area contributed by atoms with Gasteiger partial charge in [0.1, 0.15) is 11.3 Å². The first-order valence-corrected chi connectivity index (χ1v) is 6.26. The molecule has 1 saturated heterocycles. The van der Waals surface area contributed by atoms with Crippen molar-refractivity contribution < 1.29 is 19.6 Å². The summed E-state index contributed by atoms with van der Waals surface area (Å²) in [5.74, 6) is -0.465.